The summed E-state index contributed by atoms with van der Waals surface area (Å²) in [5.74, 6) is -0.623. The van der Waals surface area contributed by atoms with Crippen LogP contribution in [0.25, 0.3) is 0 Å². The molecule has 0 saturated carbocycles. The van der Waals surface area contributed by atoms with Crippen molar-refractivity contribution in [2.24, 2.45) is 5.73 Å². The number of nitrogens with one attached hydrogen (secondary N) is 3. The Morgan fingerprint density at radius 2 is 1.62 bits per heavy atom. The number of carbonyl (C=O) groups is 2. The van der Waals surface area contributed by atoms with Gasteiger partial charge < -0.3 is 30.6 Å². The van der Waals surface area contributed by atoms with Gasteiger partial charge >= 0.3 is 5.97 Å². The van der Waals surface area contributed by atoms with Crippen molar-refractivity contribution in [2.75, 3.05) is 12.4 Å². The van der Waals surface area contributed by atoms with Gasteiger partial charge in [0.2, 0.25) is 0 Å². The molecule has 0 saturated heterocycles. The molecule has 1 amide bonds. The van der Waals surface area contributed by atoms with E-state index in [0.717, 1.165) is 15.6 Å². The molecule has 5 N–H and O–H groups in total. The number of anilines is 1. The van der Waals surface area contributed by atoms with Crippen molar-refractivity contribution in [1.82, 2.24) is 5.32 Å². The smallest absolute Gasteiger partial charge is 0.305 e. The van der Waals surface area contributed by atoms with Crippen molar-refractivity contribution in [3.63, 3.8) is 0 Å². The van der Waals surface area contributed by atoms with E-state index in [-0.39, 0.29) is 19.0 Å². The van der Waals surface area contributed by atoms with Gasteiger partial charge in [-0.25, -0.2) is 0 Å². The first-order valence-corrected chi connectivity index (χ1v) is 13.8. The Labute approximate surface area is 252 Å². The van der Waals surface area contributed by atoms with Gasteiger partial charge in [0.25, 0.3) is 11.6 Å². The molecule has 9 nitrogen and oxygen atoms in total. The zero-order valence-corrected chi connectivity index (χ0v) is 24.7. The molecular weight excluding hydrogens is 600 g/mol. The summed E-state index contributed by atoms with van der Waals surface area (Å²) in [6, 6.07) is 28.6. The molecule has 216 valence electrons. The number of methoxy groups -OCH3 is 1. The van der Waals surface area contributed by atoms with Crippen LogP contribution < -0.4 is 25.8 Å². The van der Waals surface area contributed by atoms with Gasteiger partial charge in [0, 0.05) is 34.8 Å². The Morgan fingerprint density at radius 3 is 2.26 bits per heavy atom. The van der Waals surface area contributed by atoms with Gasteiger partial charge in [-0.3, -0.25) is 15.0 Å². The Bertz CT molecular complexity index is 1560. The number of rotatable bonds is 12. The molecule has 1 atom stereocenters. The fraction of sp³-hybridized carbons (Fsp3) is 0.156. The van der Waals surface area contributed by atoms with Crippen LogP contribution in [-0.4, -0.2) is 24.8 Å². The highest BCUT2D eigenvalue weighted by molar-refractivity contribution is 9.10. The topological polar surface area (TPSA) is 136 Å². The largest absolute Gasteiger partial charge is 0.493 e. The number of amidine groups is 1. The maximum Gasteiger partial charge on any atom is 0.305 e. The monoisotopic (exact) mass is 630 g/mol. The van der Waals surface area contributed by atoms with Crippen LogP contribution in [0, 0.1) is 5.41 Å². The van der Waals surface area contributed by atoms with E-state index in [1.807, 2.05) is 54.6 Å². The Morgan fingerprint density at radius 1 is 0.905 bits per heavy atom. The van der Waals surface area contributed by atoms with Gasteiger partial charge in [-0.05, 0) is 65.7 Å². The molecule has 0 aromatic heterocycles. The zero-order valence-electron chi connectivity index (χ0n) is 23.1. The number of nitrogen functional groups attached to an aromatic ring is 1. The Kier molecular flexibility index (Phi) is 9.82. The van der Waals surface area contributed by atoms with E-state index in [1.165, 1.54) is 14.0 Å². The van der Waals surface area contributed by atoms with Gasteiger partial charge in [0.1, 0.15) is 12.4 Å². The van der Waals surface area contributed by atoms with Crippen molar-refractivity contribution in [3.05, 3.63) is 124 Å². The fourth-order valence-corrected chi connectivity index (χ4v) is 4.69. The first-order valence-electron chi connectivity index (χ1n) is 13.0. The van der Waals surface area contributed by atoms with Crippen molar-refractivity contribution in [1.29, 1.82) is 5.41 Å². The summed E-state index contributed by atoms with van der Waals surface area (Å²) in [4.78, 5) is 26.5. The quantitative estimate of drug-likeness (QED) is 0.0706. The standard InChI is InChI=1S/C32H31BrN4O5/c1-21(38)42-32(31(39)36-19-22-7-4-3-5-8-22,37-27-14-11-24(12-15-27)30(34)35)25-13-16-28(29(18-25)40-2)41-20-23-9-6-10-26(33)17-23/h3-18,37H,19-20H2,1-2H3,(H3,34,35)(H,36,39)/t32-/m0/s1. The second-order valence-electron chi connectivity index (χ2n) is 9.34. The van der Waals surface area contributed by atoms with E-state index >= 15 is 0 Å². The van der Waals surface area contributed by atoms with Crippen molar-refractivity contribution in [2.45, 2.75) is 25.8 Å². The molecule has 4 aromatic carbocycles. The number of esters is 1. The zero-order chi connectivity index (χ0) is 30.1. The highest BCUT2D eigenvalue weighted by Crippen LogP contribution is 2.36. The lowest BCUT2D eigenvalue weighted by Gasteiger charge is -2.34. The molecular formula is C32H31BrN4O5. The molecule has 10 heteroatoms. The number of hydrogen-bond acceptors (Lipinski definition) is 7. The average molecular weight is 632 g/mol. The third-order valence-electron chi connectivity index (χ3n) is 6.28. The minimum Gasteiger partial charge on any atom is -0.493 e. The summed E-state index contributed by atoms with van der Waals surface area (Å²) >= 11 is 3.46. The third-order valence-corrected chi connectivity index (χ3v) is 6.78. The summed E-state index contributed by atoms with van der Waals surface area (Å²) in [5.41, 5.74) is 6.67. The van der Waals surface area contributed by atoms with Crippen LogP contribution in [0.2, 0.25) is 0 Å². The molecule has 0 radical (unpaired) electrons. The van der Waals surface area contributed by atoms with Gasteiger partial charge in [-0.2, -0.15) is 0 Å². The van der Waals surface area contributed by atoms with Crippen LogP contribution in [0.15, 0.2) is 102 Å². The molecule has 0 bridgehead atoms. The number of hydrogen-bond donors (Lipinski definition) is 4. The number of carbonyl (C=O) groups excluding carboxylic acids is 2. The van der Waals surface area contributed by atoms with Crippen LogP contribution in [0.4, 0.5) is 5.69 Å². The molecule has 0 aliphatic rings. The Balaban J connectivity index is 1.73. The lowest BCUT2D eigenvalue weighted by atomic mass is 9.99. The van der Waals surface area contributed by atoms with Gasteiger partial charge in [0.05, 0.1) is 7.11 Å². The van der Waals surface area contributed by atoms with Crippen LogP contribution in [-0.2, 0) is 33.2 Å². The van der Waals surface area contributed by atoms with Crippen LogP contribution >= 0.6 is 15.9 Å². The molecule has 0 unspecified atom stereocenters. The summed E-state index contributed by atoms with van der Waals surface area (Å²) in [6.07, 6.45) is 0. The van der Waals surface area contributed by atoms with E-state index in [0.29, 0.717) is 28.3 Å². The van der Waals surface area contributed by atoms with Crippen LogP contribution in [0.3, 0.4) is 0 Å². The maximum atomic E-state index is 14.0. The SMILES string of the molecule is COc1cc([C@](Nc2ccc(C(=N)N)cc2)(OC(C)=O)C(=O)NCc2ccccc2)ccc1OCc1cccc(Br)c1. The van der Waals surface area contributed by atoms with E-state index < -0.39 is 17.6 Å². The summed E-state index contributed by atoms with van der Waals surface area (Å²) in [7, 11) is 1.49. The minimum absolute atomic E-state index is 0.100. The number of benzene rings is 4. The van der Waals surface area contributed by atoms with Crippen LogP contribution in [0.1, 0.15) is 29.2 Å². The molecule has 0 aliphatic heterocycles. The third kappa shape index (κ3) is 7.46. The molecule has 4 aromatic rings. The lowest BCUT2D eigenvalue weighted by molar-refractivity contribution is -0.165. The second-order valence-corrected chi connectivity index (χ2v) is 10.3. The van der Waals surface area contributed by atoms with E-state index in [1.54, 1.807) is 42.5 Å². The minimum atomic E-state index is -1.99. The van der Waals surface area contributed by atoms with Gasteiger partial charge in [-0.15, -0.1) is 0 Å². The van der Waals surface area contributed by atoms with E-state index in [2.05, 4.69) is 26.6 Å². The van der Waals surface area contributed by atoms with E-state index in [4.69, 9.17) is 25.4 Å². The Hall–Kier alpha value is -4.83. The number of amides is 1. The van der Waals surface area contributed by atoms with Crippen LogP contribution in [0.5, 0.6) is 11.5 Å². The van der Waals surface area contributed by atoms with Gasteiger partial charge in [0.15, 0.2) is 11.5 Å². The molecule has 0 fully saturated rings. The summed E-state index contributed by atoms with van der Waals surface area (Å²) in [6.45, 7) is 1.70. The van der Waals surface area contributed by atoms with E-state index in [9.17, 15) is 9.59 Å². The normalized spacial score (nSPS) is 12.0. The predicted molar refractivity (Wildman–Crippen MR) is 164 cm³/mol. The van der Waals surface area contributed by atoms with Gasteiger partial charge in [-0.1, -0.05) is 58.4 Å². The maximum absolute atomic E-state index is 14.0. The molecule has 0 aliphatic carbocycles. The number of nitrogens with two attached hydrogens (primary N) is 1. The molecule has 0 heterocycles. The predicted octanol–water partition coefficient (Wildman–Crippen LogP) is 5.47. The van der Waals surface area contributed by atoms with Crippen molar-refractivity contribution >= 4 is 39.3 Å². The first-order chi connectivity index (χ1) is 20.2. The fourth-order valence-electron chi connectivity index (χ4n) is 4.24. The summed E-state index contributed by atoms with van der Waals surface area (Å²) < 4.78 is 18.4. The van der Waals surface area contributed by atoms with Crippen molar-refractivity contribution in [3.8, 4) is 11.5 Å². The first kappa shape index (κ1) is 30.1. The second kappa shape index (κ2) is 13.7. The number of ether oxygens (including phenoxy) is 3. The molecule has 0 spiro atoms. The lowest BCUT2D eigenvalue weighted by Crippen LogP contribution is -2.52. The summed E-state index contributed by atoms with van der Waals surface area (Å²) in [5, 5.41) is 13.7. The highest BCUT2D eigenvalue weighted by Gasteiger charge is 2.45. The number of halogens is 1. The molecule has 4 rings (SSSR count). The average Bonchev–Trinajstić information content (AvgIpc) is 2.99. The van der Waals surface area contributed by atoms with Crippen molar-refractivity contribution < 1.29 is 23.8 Å². The highest BCUT2D eigenvalue weighted by atomic mass is 79.9. The molecule has 42 heavy (non-hydrogen) atoms.